The van der Waals surface area contributed by atoms with Gasteiger partial charge in [0.2, 0.25) is 0 Å². The molecule has 0 bridgehead atoms. The first-order valence-electron chi connectivity index (χ1n) is 7.90. The molecule has 0 aromatic heterocycles. The molecule has 6 heteroatoms. The monoisotopic (exact) mass is 297 g/mol. The van der Waals surface area contributed by atoms with Gasteiger partial charge >= 0.3 is 12.0 Å². The van der Waals surface area contributed by atoms with Gasteiger partial charge in [0.05, 0.1) is 0 Å². The van der Waals surface area contributed by atoms with Crippen molar-refractivity contribution < 1.29 is 14.7 Å². The molecule has 1 unspecified atom stereocenters. The van der Waals surface area contributed by atoms with E-state index in [0.717, 1.165) is 32.6 Å². The van der Waals surface area contributed by atoms with Crippen LogP contribution in [0.2, 0.25) is 0 Å². The first-order chi connectivity index (χ1) is 9.87. The van der Waals surface area contributed by atoms with Crippen molar-refractivity contribution in [3.63, 3.8) is 0 Å². The van der Waals surface area contributed by atoms with Gasteiger partial charge in [-0.15, -0.1) is 0 Å². The summed E-state index contributed by atoms with van der Waals surface area (Å²) >= 11 is 0. The third-order valence-electron chi connectivity index (χ3n) is 4.52. The molecule has 2 aliphatic heterocycles. The summed E-state index contributed by atoms with van der Waals surface area (Å²) in [4.78, 5) is 27.3. The maximum Gasteiger partial charge on any atom is 0.317 e. The molecule has 6 nitrogen and oxygen atoms in total. The molecule has 0 radical (unpaired) electrons. The summed E-state index contributed by atoms with van der Waals surface area (Å²) < 4.78 is 0. The van der Waals surface area contributed by atoms with Crippen LogP contribution in [-0.4, -0.2) is 64.7 Å². The molecule has 0 spiro atoms. The molecular weight excluding hydrogens is 270 g/mol. The van der Waals surface area contributed by atoms with E-state index in [-0.39, 0.29) is 12.5 Å². The van der Waals surface area contributed by atoms with E-state index in [1.54, 1.807) is 0 Å². The van der Waals surface area contributed by atoms with E-state index < -0.39 is 11.5 Å². The van der Waals surface area contributed by atoms with Gasteiger partial charge in [-0.2, -0.15) is 0 Å². The maximum atomic E-state index is 12.3. The summed E-state index contributed by atoms with van der Waals surface area (Å²) in [7, 11) is 0. The van der Waals surface area contributed by atoms with Crippen LogP contribution in [0, 0.1) is 0 Å². The number of amides is 2. The Kier molecular flexibility index (Phi) is 5.08. The third-order valence-corrected chi connectivity index (χ3v) is 4.52. The zero-order valence-electron chi connectivity index (χ0n) is 13.1. The Bertz CT molecular complexity index is 392. The number of urea groups is 1. The van der Waals surface area contributed by atoms with Crippen LogP contribution < -0.4 is 5.32 Å². The van der Waals surface area contributed by atoms with Crippen molar-refractivity contribution in [3.05, 3.63) is 0 Å². The van der Waals surface area contributed by atoms with Crippen LogP contribution in [0.15, 0.2) is 0 Å². The summed E-state index contributed by atoms with van der Waals surface area (Å²) in [6.45, 7) is 7.65. The Labute approximate surface area is 126 Å². The lowest BCUT2D eigenvalue weighted by Gasteiger charge is -2.29. The number of hydrogen-bond donors (Lipinski definition) is 2. The molecule has 0 aromatic rings. The van der Waals surface area contributed by atoms with Gasteiger partial charge in [-0.05, 0) is 52.6 Å². The van der Waals surface area contributed by atoms with Gasteiger partial charge in [-0.1, -0.05) is 0 Å². The lowest BCUT2D eigenvalue weighted by Crippen LogP contribution is -2.50. The second-order valence-corrected chi connectivity index (χ2v) is 6.84. The SMILES string of the molecule is CC(C)(CCC(=O)O)NC(=O)N1CCC(N2CCCC2)C1. The Morgan fingerprint density at radius 2 is 1.90 bits per heavy atom. The largest absolute Gasteiger partial charge is 0.481 e. The average Bonchev–Trinajstić information content (AvgIpc) is 3.06. The molecule has 2 fully saturated rings. The quantitative estimate of drug-likeness (QED) is 0.807. The molecule has 2 rings (SSSR count). The highest BCUT2D eigenvalue weighted by Gasteiger charge is 2.33. The van der Waals surface area contributed by atoms with Crippen molar-refractivity contribution in [3.8, 4) is 0 Å². The molecule has 120 valence electrons. The Morgan fingerprint density at radius 3 is 2.52 bits per heavy atom. The fraction of sp³-hybridized carbons (Fsp3) is 0.867. The molecule has 0 aliphatic carbocycles. The minimum absolute atomic E-state index is 0.0629. The zero-order chi connectivity index (χ0) is 15.5. The van der Waals surface area contributed by atoms with Crippen LogP contribution in [0.4, 0.5) is 4.79 Å². The summed E-state index contributed by atoms with van der Waals surface area (Å²) in [6.07, 6.45) is 4.10. The lowest BCUT2D eigenvalue weighted by molar-refractivity contribution is -0.137. The van der Waals surface area contributed by atoms with Gasteiger partial charge in [0.25, 0.3) is 0 Å². The number of carboxylic acids is 1. The second kappa shape index (κ2) is 6.64. The Morgan fingerprint density at radius 1 is 1.24 bits per heavy atom. The van der Waals surface area contributed by atoms with Crippen molar-refractivity contribution >= 4 is 12.0 Å². The highest BCUT2D eigenvalue weighted by Crippen LogP contribution is 2.21. The molecule has 0 aromatic carbocycles. The van der Waals surface area contributed by atoms with E-state index in [1.165, 1.54) is 12.8 Å². The van der Waals surface area contributed by atoms with Gasteiger partial charge in [-0.3, -0.25) is 9.69 Å². The lowest BCUT2D eigenvalue weighted by atomic mass is 9.99. The van der Waals surface area contributed by atoms with Gasteiger partial charge in [-0.25, -0.2) is 4.79 Å². The van der Waals surface area contributed by atoms with Crippen LogP contribution in [0.5, 0.6) is 0 Å². The maximum absolute atomic E-state index is 12.3. The topological polar surface area (TPSA) is 72.9 Å². The highest BCUT2D eigenvalue weighted by atomic mass is 16.4. The zero-order valence-corrected chi connectivity index (χ0v) is 13.1. The average molecular weight is 297 g/mol. The fourth-order valence-electron chi connectivity index (χ4n) is 3.18. The van der Waals surface area contributed by atoms with Gasteiger partial charge in [0.1, 0.15) is 0 Å². The van der Waals surface area contributed by atoms with Crippen molar-refractivity contribution in [2.45, 2.75) is 57.5 Å². The highest BCUT2D eigenvalue weighted by molar-refractivity contribution is 5.75. The number of carbonyl (C=O) groups excluding carboxylic acids is 1. The van der Waals surface area contributed by atoms with Gasteiger partial charge in [0, 0.05) is 31.1 Å². The minimum atomic E-state index is -0.826. The molecule has 2 saturated heterocycles. The normalized spacial score (nSPS) is 23.5. The number of carbonyl (C=O) groups is 2. The number of hydrogen-bond acceptors (Lipinski definition) is 3. The van der Waals surface area contributed by atoms with Crippen LogP contribution in [0.3, 0.4) is 0 Å². The number of carboxylic acid groups (broad SMARTS) is 1. The predicted molar refractivity (Wildman–Crippen MR) is 80.3 cm³/mol. The molecule has 2 aliphatic rings. The van der Waals surface area contributed by atoms with E-state index in [1.807, 2.05) is 18.7 Å². The Balaban J connectivity index is 1.79. The molecule has 2 heterocycles. The van der Waals surface area contributed by atoms with Gasteiger partial charge < -0.3 is 15.3 Å². The van der Waals surface area contributed by atoms with E-state index in [0.29, 0.717) is 12.5 Å². The van der Waals surface area contributed by atoms with Crippen molar-refractivity contribution in [2.75, 3.05) is 26.2 Å². The van der Waals surface area contributed by atoms with Crippen LogP contribution >= 0.6 is 0 Å². The summed E-state index contributed by atoms with van der Waals surface area (Å²) in [5.41, 5.74) is -0.485. The van der Waals surface area contributed by atoms with E-state index >= 15 is 0 Å². The van der Waals surface area contributed by atoms with E-state index in [2.05, 4.69) is 10.2 Å². The van der Waals surface area contributed by atoms with Crippen LogP contribution in [0.25, 0.3) is 0 Å². The smallest absolute Gasteiger partial charge is 0.317 e. The first kappa shape index (κ1) is 16.1. The molecule has 2 N–H and O–H groups in total. The second-order valence-electron chi connectivity index (χ2n) is 6.84. The molecule has 2 amide bonds. The number of likely N-dealkylation sites (tertiary alicyclic amines) is 2. The number of nitrogens with zero attached hydrogens (tertiary/aromatic N) is 2. The minimum Gasteiger partial charge on any atom is -0.481 e. The van der Waals surface area contributed by atoms with Crippen LogP contribution in [0.1, 0.15) is 46.0 Å². The summed E-state index contributed by atoms with van der Waals surface area (Å²) in [5.74, 6) is -0.826. The van der Waals surface area contributed by atoms with Crippen LogP contribution in [-0.2, 0) is 4.79 Å². The number of rotatable bonds is 5. The third kappa shape index (κ3) is 4.59. The Hall–Kier alpha value is -1.30. The molecular formula is C15H27N3O3. The van der Waals surface area contributed by atoms with E-state index in [4.69, 9.17) is 5.11 Å². The summed E-state index contributed by atoms with van der Waals surface area (Å²) in [5, 5.41) is 11.7. The van der Waals surface area contributed by atoms with Gasteiger partial charge in [0.15, 0.2) is 0 Å². The summed E-state index contributed by atoms with van der Waals surface area (Å²) in [6, 6.07) is 0.437. The van der Waals surface area contributed by atoms with E-state index in [9.17, 15) is 9.59 Å². The fourth-order valence-corrected chi connectivity index (χ4v) is 3.18. The van der Waals surface area contributed by atoms with Crippen molar-refractivity contribution in [2.24, 2.45) is 0 Å². The molecule has 1 atom stereocenters. The molecule has 21 heavy (non-hydrogen) atoms. The first-order valence-corrected chi connectivity index (χ1v) is 7.90. The standard InChI is InChI=1S/C15H27N3O3/c1-15(2,7-5-13(19)20)16-14(21)18-10-6-12(11-18)17-8-3-4-9-17/h12H,3-11H2,1-2H3,(H,16,21)(H,19,20). The number of nitrogens with one attached hydrogen (secondary N) is 1. The number of aliphatic carboxylic acids is 1. The predicted octanol–water partition coefficient (Wildman–Crippen LogP) is 1.51. The molecule has 0 saturated carbocycles. The van der Waals surface area contributed by atoms with Crippen molar-refractivity contribution in [1.82, 2.24) is 15.1 Å². The van der Waals surface area contributed by atoms with Crippen molar-refractivity contribution in [1.29, 1.82) is 0 Å².